The molecule has 0 aliphatic rings. The third-order valence-electron chi connectivity index (χ3n) is 2.81. The molecule has 0 aromatic heterocycles. The van der Waals surface area contributed by atoms with Gasteiger partial charge in [0.1, 0.15) is 0 Å². The van der Waals surface area contributed by atoms with E-state index in [1.807, 2.05) is 0 Å². The first-order chi connectivity index (χ1) is 9.92. The van der Waals surface area contributed by atoms with E-state index >= 15 is 0 Å². The van der Waals surface area contributed by atoms with Gasteiger partial charge in [-0.1, -0.05) is 33.2 Å². The second kappa shape index (κ2) is 6.28. The van der Waals surface area contributed by atoms with Crippen molar-refractivity contribution in [2.75, 3.05) is 4.72 Å². The monoisotopic (exact) mass is 368 g/mol. The average molecular weight is 369 g/mol. The van der Waals surface area contributed by atoms with Crippen molar-refractivity contribution in [3.05, 3.63) is 58.6 Å². The molecule has 0 amide bonds. The molecular formula is C14H13BrN2O3S. The fourth-order valence-electron chi connectivity index (χ4n) is 1.69. The molecule has 2 aromatic rings. The van der Waals surface area contributed by atoms with Crippen LogP contribution in [0, 0.1) is 0 Å². The second-order valence-electron chi connectivity index (χ2n) is 4.33. The summed E-state index contributed by atoms with van der Waals surface area (Å²) in [5.41, 5.74) is 1.44. The minimum Gasteiger partial charge on any atom is -0.411 e. The molecule has 0 bridgehead atoms. The van der Waals surface area contributed by atoms with Crippen molar-refractivity contribution in [1.82, 2.24) is 0 Å². The van der Waals surface area contributed by atoms with Gasteiger partial charge in [-0.25, -0.2) is 8.42 Å². The zero-order valence-electron chi connectivity index (χ0n) is 11.1. The van der Waals surface area contributed by atoms with Crippen molar-refractivity contribution in [2.24, 2.45) is 5.16 Å². The van der Waals surface area contributed by atoms with E-state index in [4.69, 9.17) is 5.21 Å². The van der Waals surface area contributed by atoms with Crippen LogP contribution >= 0.6 is 15.9 Å². The molecule has 5 nitrogen and oxygen atoms in total. The Morgan fingerprint density at radius 3 is 2.48 bits per heavy atom. The van der Waals surface area contributed by atoms with Crippen LogP contribution in [0.2, 0.25) is 0 Å². The average Bonchev–Trinajstić information content (AvgIpc) is 2.46. The lowest BCUT2D eigenvalue weighted by molar-refractivity contribution is 0.319. The summed E-state index contributed by atoms with van der Waals surface area (Å²) in [6, 6.07) is 13.0. The van der Waals surface area contributed by atoms with E-state index in [0.29, 0.717) is 17.0 Å². The molecule has 0 unspecified atom stereocenters. The molecule has 0 aliphatic heterocycles. The van der Waals surface area contributed by atoms with E-state index in [9.17, 15) is 8.42 Å². The lowest BCUT2D eigenvalue weighted by Gasteiger charge is -2.09. The van der Waals surface area contributed by atoms with Gasteiger partial charge in [-0.3, -0.25) is 4.72 Å². The summed E-state index contributed by atoms with van der Waals surface area (Å²) >= 11 is 3.26. The standard InChI is InChI=1S/C14H13BrN2O3S/c1-10(16-18)11-3-2-4-13(9-11)17-21(19,20)14-7-5-12(15)6-8-14/h2-9,17-18H,1H3/b16-10+. The van der Waals surface area contributed by atoms with Crippen molar-refractivity contribution in [2.45, 2.75) is 11.8 Å². The predicted octanol–water partition coefficient (Wildman–Crippen LogP) is 3.45. The van der Waals surface area contributed by atoms with E-state index in [1.54, 1.807) is 43.3 Å². The molecule has 0 spiro atoms. The first-order valence-electron chi connectivity index (χ1n) is 6.00. The summed E-state index contributed by atoms with van der Waals surface area (Å²) in [7, 11) is -3.65. The molecular weight excluding hydrogens is 356 g/mol. The molecule has 7 heteroatoms. The number of nitrogens with one attached hydrogen (secondary N) is 1. The van der Waals surface area contributed by atoms with Gasteiger partial charge in [0, 0.05) is 15.7 Å². The maximum atomic E-state index is 12.3. The van der Waals surface area contributed by atoms with Gasteiger partial charge >= 0.3 is 0 Å². The summed E-state index contributed by atoms with van der Waals surface area (Å²) < 4.78 is 27.8. The molecule has 0 aliphatic carbocycles. The fourth-order valence-corrected chi connectivity index (χ4v) is 3.01. The molecule has 0 atom stereocenters. The SMILES string of the molecule is C/C(=N\O)c1cccc(NS(=O)(=O)c2ccc(Br)cc2)c1. The third-order valence-corrected chi connectivity index (χ3v) is 4.73. The Bertz CT molecular complexity index is 771. The highest BCUT2D eigenvalue weighted by molar-refractivity contribution is 9.10. The highest BCUT2D eigenvalue weighted by Crippen LogP contribution is 2.19. The van der Waals surface area contributed by atoms with Gasteiger partial charge in [0.15, 0.2) is 0 Å². The predicted molar refractivity (Wildman–Crippen MR) is 85.4 cm³/mol. The number of rotatable bonds is 4. The molecule has 110 valence electrons. The Morgan fingerprint density at radius 2 is 1.86 bits per heavy atom. The molecule has 21 heavy (non-hydrogen) atoms. The first-order valence-corrected chi connectivity index (χ1v) is 8.27. The number of hydrogen-bond donors (Lipinski definition) is 2. The van der Waals surface area contributed by atoms with Crippen LogP contribution < -0.4 is 4.72 Å². The van der Waals surface area contributed by atoms with Gasteiger partial charge in [-0.05, 0) is 43.3 Å². The zero-order valence-corrected chi connectivity index (χ0v) is 13.5. The number of anilines is 1. The van der Waals surface area contributed by atoms with E-state index in [2.05, 4.69) is 25.8 Å². The van der Waals surface area contributed by atoms with Crippen LogP contribution in [0.3, 0.4) is 0 Å². The van der Waals surface area contributed by atoms with E-state index < -0.39 is 10.0 Å². The summed E-state index contributed by atoms with van der Waals surface area (Å²) in [5.74, 6) is 0. The van der Waals surface area contributed by atoms with Gasteiger partial charge < -0.3 is 5.21 Å². The first kappa shape index (κ1) is 15.5. The quantitative estimate of drug-likeness (QED) is 0.492. The maximum Gasteiger partial charge on any atom is 0.261 e. The van der Waals surface area contributed by atoms with Crippen molar-refractivity contribution >= 4 is 37.4 Å². The third kappa shape index (κ3) is 3.83. The van der Waals surface area contributed by atoms with E-state index in [-0.39, 0.29) is 4.90 Å². The van der Waals surface area contributed by atoms with Gasteiger partial charge in [0.05, 0.1) is 10.6 Å². The lowest BCUT2D eigenvalue weighted by atomic mass is 10.1. The van der Waals surface area contributed by atoms with Gasteiger partial charge in [-0.15, -0.1) is 0 Å². The molecule has 2 N–H and O–H groups in total. The normalized spacial score (nSPS) is 12.2. The van der Waals surface area contributed by atoms with Gasteiger partial charge in [0.25, 0.3) is 10.0 Å². The van der Waals surface area contributed by atoms with Gasteiger partial charge in [0.2, 0.25) is 0 Å². The lowest BCUT2D eigenvalue weighted by Crippen LogP contribution is -2.13. The topological polar surface area (TPSA) is 78.8 Å². The van der Waals surface area contributed by atoms with Crippen LogP contribution in [0.5, 0.6) is 0 Å². The smallest absolute Gasteiger partial charge is 0.261 e. The van der Waals surface area contributed by atoms with E-state index in [0.717, 1.165) is 4.47 Å². The Morgan fingerprint density at radius 1 is 1.19 bits per heavy atom. The Labute approximate surface area is 131 Å². The fraction of sp³-hybridized carbons (Fsp3) is 0.0714. The molecule has 0 saturated heterocycles. The number of hydrogen-bond acceptors (Lipinski definition) is 4. The van der Waals surface area contributed by atoms with Crippen molar-refractivity contribution < 1.29 is 13.6 Å². The minimum absolute atomic E-state index is 0.170. The van der Waals surface area contributed by atoms with Crippen LogP contribution in [0.25, 0.3) is 0 Å². The summed E-state index contributed by atoms with van der Waals surface area (Å²) in [4.78, 5) is 0.170. The number of benzene rings is 2. The maximum absolute atomic E-state index is 12.3. The van der Waals surface area contributed by atoms with Crippen LogP contribution in [0.4, 0.5) is 5.69 Å². The van der Waals surface area contributed by atoms with Crippen molar-refractivity contribution in [1.29, 1.82) is 0 Å². The zero-order chi connectivity index (χ0) is 15.5. The van der Waals surface area contributed by atoms with Crippen LogP contribution in [-0.4, -0.2) is 19.3 Å². The number of oxime groups is 1. The van der Waals surface area contributed by atoms with Crippen LogP contribution in [0.1, 0.15) is 12.5 Å². The summed E-state index contributed by atoms with van der Waals surface area (Å²) in [5, 5.41) is 11.9. The Balaban J connectivity index is 2.31. The molecule has 0 heterocycles. The highest BCUT2D eigenvalue weighted by atomic mass is 79.9. The molecule has 0 saturated carbocycles. The molecule has 2 aromatic carbocycles. The largest absolute Gasteiger partial charge is 0.411 e. The minimum atomic E-state index is -3.65. The Hall–Kier alpha value is -1.86. The summed E-state index contributed by atoms with van der Waals surface area (Å²) in [6.07, 6.45) is 0. The molecule has 0 radical (unpaired) electrons. The molecule has 2 rings (SSSR count). The van der Waals surface area contributed by atoms with Crippen LogP contribution in [0.15, 0.2) is 63.1 Å². The van der Waals surface area contributed by atoms with Crippen molar-refractivity contribution in [3.8, 4) is 0 Å². The second-order valence-corrected chi connectivity index (χ2v) is 6.92. The molecule has 0 fully saturated rings. The summed E-state index contributed by atoms with van der Waals surface area (Å²) in [6.45, 7) is 1.63. The highest BCUT2D eigenvalue weighted by Gasteiger charge is 2.14. The van der Waals surface area contributed by atoms with E-state index in [1.165, 1.54) is 12.1 Å². The number of halogens is 1. The number of sulfonamides is 1. The number of nitrogens with zero attached hydrogens (tertiary/aromatic N) is 1. The van der Waals surface area contributed by atoms with Gasteiger partial charge in [-0.2, -0.15) is 0 Å². The van der Waals surface area contributed by atoms with Crippen molar-refractivity contribution in [3.63, 3.8) is 0 Å². The Kier molecular flexibility index (Phi) is 4.64. The van der Waals surface area contributed by atoms with Crippen LogP contribution in [-0.2, 0) is 10.0 Å².